The Balaban J connectivity index is 1.74. The number of rotatable bonds is 3. The molecule has 0 radical (unpaired) electrons. The van der Waals surface area contributed by atoms with Crippen LogP contribution in [0.3, 0.4) is 0 Å². The fourth-order valence-corrected chi connectivity index (χ4v) is 3.59. The van der Waals surface area contributed by atoms with E-state index in [0.29, 0.717) is 5.92 Å². The lowest BCUT2D eigenvalue weighted by Gasteiger charge is -2.36. The quantitative estimate of drug-likeness (QED) is 0.920. The molecule has 1 aliphatic heterocycles. The van der Waals surface area contributed by atoms with E-state index < -0.39 is 5.97 Å². The summed E-state index contributed by atoms with van der Waals surface area (Å²) in [6.45, 7) is 3.83. The van der Waals surface area contributed by atoms with Crippen LogP contribution in [0.15, 0.2) is 18.2 Å². The molecule has 1 fully saturated rings. The summed E-state index contributed by atoms with van der Waals surface area (Å²) in [5, 5.41) is 9.42. The van der Waals surface area contributed by atoms with Gasteiger partial charge in [-0.2, -0.15) is 0 Å². The number of aryl methyl sites for hydroxylation is 2. The van der Waals surface area contributed by atoms with Crippen LogP contribution in [0.2, 0.25) is 0 Å². The normalized spacial score (nSPS) is 26.4. The van der Waals surface area contributed by atoms with Gasteiger partial charge in [0.2, 0.25) is 0 Å². The Labute approximate surface area is 120 Å². The van der Waals surface area contributed by atoms with Crippen molar-refractivity contribution in [1.82, 2.24) is 4.90 Å². The molecular formula is C17H23NO2. The summed E-state index contributed by atoms with van der Waals surface area (Å²) >= 11 is 0. The maximum atomic E-state index is 11.4. The van der Waals surface area contributed by atoms with Crippen LogP contribution in [-0.2, 0) is 24.2 Å². The van der Waals surface area contributed by atoms with E-state index in [1.807, 2.05) is 0 Å². The van der Waals surface area contributed by atoms with Gasteiger partial charge in [0.1, 0.15) is 6.04 Å². The van der Waals surface area contributed by atoms with E-state index in [-0.39, 0.29) is 6.04 Å². The second-order valence-corrected chi connectivity index (χ2v) is 6.41. The Bertz CT molecular complexity index is 512. The van der Waals surface area contributed by atoms with Crippen molar-refractivity contribution < 1.29 is 9.90 Å². The van der Waals surface area contributed by atoms with Gasteiger partial charge in [0, 0.05) is 6.54 Å². The zero-order chi connectivity index (χ0) is 14.1. The first-order chi connectivity index (χ1) is 9.63. The Morgan fingerprint density at radius 2 is 2.15 bits per heavy atom. The molecule has 0 saturated carbocycles. The predicted molar refractivity (Wildman–Crippen MR) is 78.7 cm³/mol. The Morgan fingerprint density at radius 1 is 1.35 bits per heavy atom. The van der Waals surface area contributed by atoms with Crippen molar-refractivity contribution in [3.8, 4) is 0 Å². The Morgan fingerprint density at radius 3 is 2.95 bits per heavy atom. The molecule has 2 aliphatic rings. The van der Waals surface area contributed by atoms with Crippen LogP contribution < -0.4 is 0 Å². The third-order valence-electron chi connectivity index (χ3n) is 4.81. The molecule has 1 aromatic carbocycles. The molecule has 1 N–H and O–H groups in total. The van der Waals surface area contributed by atoms with Crippen LogP contribution in [0.1, 0.15) is 42.9 Å². The summed E-state index contributed by atoms with van der Waals surface area (Å²) in [4.78, 5) is 13.6. The maximum Gasteiger partial charge on any atom is 0.320 e. The summed E-state index contributed by atoms with van der Waals surface area (Å²) in [6.07, 6.45) is 5.53. The molecule has 1 saturated heterocycles. The molecule has 2 atom stereocenters. The minimum atomic E-state index is -0.669. The van der Waals surface area contributed by atoms with Crippen molar-refractivity contribution in [1.29, 1.82) is 0 Å². The van der Waals surface area contributed by atoms with E-state index in [4.69, 9.17) is 0 Å². The molecule has 0 amide bonds. The molecule has 108 valence electrons. The van der Waals surface area contributed by atoms with Crippen molar-refractivity contribution in [2.75, 3.05) is 6.54 Å². The molecular weight excluding hydrogens is 250 g/mol. The number of carboxylic acid groups (broad SMARTS) is 1. The van der Waals surface area contributed by atoms with Gasteiger partial charge in [-0.3, -0.25) is 9.69 Å². The lowest BCUT2D eigenvalue weighted by Crippen LogP contribution is -2.46. The van der Waals surface area contributed by atoms with E-state index in [9.17, 15) is 9.90 Å². The first-order valence-corrected chi connectivity index (χ1v) is 7.71. The second-order valence-electron chi connectivity index (χ2n) is 6.41. The van der Waals surface area contributed by atoms with Crippen molar-refractivity contribution in [3.05, 3.63) is 34.9 Å². The number of hydrogen-bond acceptors (Lipinski definition) is 2. The fourth-order valence-electron chi connectivity index (χ4n) is 3.59. The summed E-state index contributed by atoms with van der Waals surface area (Å²) in [6, 6.07) is 6.40. The van der Waals surface area contributed by atoms with Crippen molar-refractivity contribution in [2.45, 2.75) is 51.6 Å². The third-order valence-corrected chi connectivity index (χ3v) is 4.81. The van der Waals surface area contributed by atoms with Gasteiger partial charge in [0.15, 0.2) is 0 Å². The summed E-state index contributed by atoms with van der Waals surface area (Å²) in [5.74, 6) is -0.148. The van der Waals surface area contributed by atoms with Gasteiger partial charge in [0.25, 0.3) is 0 Å². The molecule has 3 rings (SSSR count). The number of carbonyl (C=O) groups is 1. The number of nitrogens with zero attached hydrogens (tertiary/aromatic N) is 1. The van der Waals surface area contributed by atoms with E-state index >= 15 is 0 Å². The summed E-state index contributed by atoms with van der Waals surface area (Å²) < 4.78 is 0. The molecule has 1 heterocycles. The first-order valence-electron chi connectivity index (χ1n) is 7.71. The topological polar surface area (TPSA) is 40.5 Å². The highest BCUT2D eigenvalue weighted by atomic mass is 16.4. The van der Waals surface area contributed by atoms with Crippen molar-refractivity contribution in [3.63, 3.8) is 0 Å². The number of piperidine rings is 1. The van der Waals surface area contributed by atoms with E-state index in [2.05, 4.69) is 30.0 Å². The van der Waals surface area contributed by atoms with Gasteiger partial charge in [-0.15, -0.1) is 0 Å². The van der Waals surface area contributed by atoms with Gasteiger partial charge >= 0.3 is 5.97 Å². The van der Waals surface area contributed by atoms with E-state index in [1.165, 1.54) is 36.0 Å². The van der Waals surface area contributed by atoms with Gasteiger partial charge in [0.05, 0.1) is 0 Å². The number of fused-ring (bicyclic) bond motifs is 1. The third kappa shape index (κ3) is 2.73. The average molecular weight is 273 g/mol. The lowest BCUT2D eigenvalue weighted by molar-refractivity contribution is -0.145. The number of aliphatic carboxylic acids is 1. The van der Waals surface area contributed by atoms with Crippen LogP contribution >= 0.6 is 0 Å². The molecule has 1 aromatic rings. The smallest absolute Gasteiger partial charge is 0.320 e. The molecule has 3 nitrogen and oxygen atoms in total. The average Bonchev–Trinajstić information content (AvgIpc) is 2.88. The molecule has 1 aliphatic carbocycles. The van der Waals surface area contributed by atoms with Crippen LogP contribution in [0.5, 0.6) is 0 Å². The fraction of sp³-hybridized carbons (Fsp3) is 0.588. The van der Waals surface area contributed by atoms with Crippen LogP contribution in [0.4, 0.5) is 0 Å². The highest BCUT2D eigenvalue weighted by Crippen LogP contribution is 2.27. The zero-order valence-electron chi connectivity index (χ0n) is 12.1. The Hall–Kier alpha value is -1.35. The predicted octanol–water partition coefficient (Wildman–Crippen LogP) is 2.86. The van der Waals surface area contributed by atoms with Gasteiger partial charge in [-0.1, -0.05) is 25.1 Å². The number of likely N-dealkylation sites (tertiary alicyclic amines) is 1. The van der Waals surface area contributed by atoms with Gasteiger partial charge in [-0.25, -0.2) is 0 Å². The molecule has 0 bridgehead atoms. The van der Waals surface area contributed by atoms with Crippen molar-refractivity contribution >= 4 is 5.97 Å². The highest BCUT2D eigenvalue weighted by Gasteiger charge is 2.31. The standard InChI is InChI=1S/C17H23NO2/c1-12-7-8-18(16(9-12)17(19)20)11-13-5-6-14-3-2-4-15(14)10-13/h5-6,10,12,16H,2-4,7-9,11H2,1H3,(H,19,20). The molecule has 0 aromatic heterocycles. The minimum Gasteiger partial charge on any atom is -0.480 e. The van der Waals surface area contributed by atoms with Crippen LogP contribution in [-0.4, -0.2) is 28.6 Å². The largest absolute Gasteiger partial charge is 0.480 e. The maximum absolute atomic E-state index is 11.4. The summed E-state index contributed by atoms with van der Waals surface area (Å²) in [7, 11) is 0. The Kier molecular flexibility index (Phi) is 3.79. The number of hydrogen-bond donors (Lipinski definition) is 1. The lowest BCUT2D eigenvalue weighted by atomic mass is 9.92. The van der Waals surface area contributed by atoms with Crippen LogP contribution in [0.25, 0.3) is 0 Å². The zero-order valence-corrected chi connectivity index (χ0v) is 12.1. The minimum absolute atomic E-state index is 0.313. The number of carboxylic acids is 1. The molecule has 2 unspecified atom stereocenters. The molecule has 20 heavy (non-hydrogen) atoms. The highest BCUT2D eigenvalue weighted by molar-refractivity contribution is 5.73. The van der Waals surface area contributed by atoms with Gasteiger partial charge < -0.3 is 5.11 Å². The van der Waals surface area contributed by atoms with Crippen molar-refractivity contribution in [2.24, 2.45) is 5.92 Å². The number of benzene rings is 1. The second kappa shape index (κ2) is 5.57. The molecule has 0 spiro atoms. The van der Waals surface area contributed by atoms with E-state index in [1.54, 1.807) is 0 Å². The summed E-state index contributed by atoms with van der Waals surface area (Å²) in [5.41, 5.74) is 4.22. The van der Waals surface area contributed by atoms with E-state index in [0.717, 1.165) is 25.9 Å². The SMILES string of the molecule is CC1CCN(Cc2ccc3c(c2)CCC3)C(C(=O)O)C1. The monoisotopic (exact) mass is 273 g/mol. The first kappa shape index (κ1) is 13.6. The van der Waals surface area contributed by atoms with Crippen LogP contribution in [0, 0.1) is 5.92 Å². The van der Waals surface area contributed by atoms with Gasteiger partial charge in [-0.05, 0) is 61.3 Å². The molecule has 3 heteroatoms.